The summed E-state index contributed by atoms with van der Waals surface area (Å²) in [6, 6.07) is 6.04. The largest absolute Gasteiger partial charge is 0.493 e. The second kappa shape index (κ2) is 11.1. The van der Waals surface area contributed by atoms with Crippen LogP contribution in [0.4, 0.5) is 0 Å². The van der Waals surface area contributed by atoms with Crippen molar-refractivity contribution in [2.75, 3.05) is 27.9 Å². The van der Waals surface area contributed by atoms with E-state index >= 15 is 0 Å². The highest BCUT2D eigenvalue weighted by molar-refractivity contribution is 6.14. The standard InChI is InChI=1S/C24H23NO11/c1-32-16-7-4-12(22(33-2)23(16)34-3)8-18-21(29)14-6-5-13(9-17(14)36-18)35-11-19(26)25-15(24(30)31)10-20(27)28/h4-9,15H,10-11H2,1-3H3,(H,25,26)(H,27,28)(H,30,31)/b18-8-/t15-/m0/s1. The Balaban J connectivity index is 1.74. The first-order valence-electron chi connectivity index (χ1n) is 10.4. The third kappa shape index (κ3) is 5.66. The normalized spacial score (nSPS) is 13.9. The van der Waals surface area contributed by atoms with Crippen LogP contribution in [0.3, 0.4) is 0 Å². The van der Waals surface area contributed by atoms with Crippen molar-refractivity contribution >= 4 is 29.7 Å². The maximum absolute atomic E-state index is 12.8. The number of ketones is 1. The smallest absolute Gasteiger partial charge is 0.326 e. The van der Waals surface area contributed by atoms with Crippen molar-refractivity contribution in [2.45, 2.75) is 12.5 Å². The molecule has 1 aliphatic rings. The highest BCUT2D eigenvalue weighted by Crippen LogP contribution is 2.42. The molecule has 2 aromatic rings. The van der Waals surface area contributed by atoms with Gasteiger partial charge in [-0.25, -0.2) is 4.79 Å². The van der Waals surface area contributed by atoms with E-state index < -0.39 is 36.9 Å². The van der Waals surface area contributed by atoms with Gasteiger partial charge in [0.15, 0.2) is 23.9 Å². The molecule has 0 saturated carbocycles. The molecule has 0 radical (unpaired) electrons. The molecule has 1 heterocycles. The number of carbonyl (C=O) groups is 4. The van der Waals surface area contributed by atoms with Crippen LogP contribution in [0.2, 0.25) is 0 Å². The van der Waals surface area contributed by atoms with Gasteiger partial charge in [-0.15, -0.1) is 0 Å². The minimum atomic E-state index is -1.60. The summed E-state index contributed by atoms with van der Waals surface area (Å²) in [5.41, 5.74) is 0.777. The fourth-order valence-electron chi connectivity index (χ4n) is 3.40. The molecule has 1 atom stereocenters. The first-order valence-corrected chi connectivity index (χ1v) is 10.4. The number of methoxy groups -OCH3 is 3. The van der Waals surface area contributed by atoms with Gasteiger partial charge >= 0.3 is 11.9 Å². The van der Waals surface area contributed by atoms with Crippen LogP contribution >= 0.6 is 0 Å². The molecule has 3 rings (SSSR count). The SMILES string of the molecule is COc1ccc(/C=C2\Oc3cc(OCC(=O)N[C@@H](CC(=O)O)C(=O)O)ccc3C2=O)c(OC)c1OC. The van der Waals surface area contributed by atoms with Crippen molar-refractivity contribution in [3.8, 4) is 28.7 Å². The molecule has 3 N–H and O–H groups in total. The predicted octanol–water partition coefficient (Wildman–Crippen LogP) is 1.75. The predicted molar refractivity (Wildman–Crippen MR) is 123 cm³/mol. The van der Waals surface area contributed by atoms with Gasteiger partial charge in [0, 0.05) is 11.6 Å². The molecule has 190 valence electrons. The van der Waals surface area contributed by atoms with Gasteiger partial charge in [0.25, 0.3) is 5.91 Å². The first kappa shape index (κ1) is 25.9. The Kier molecular flexibility index (Phi) is 8.00. The molecule has 0 aromatic heterocycles. The molecule has 0 saturated heterocycles. The van der Waals surface area contributed by atoms with E-state index in [4.69, 9.17) is 33.9 Å². The van der Waals surface area contributed by atoms with Crippen LogP contribution in [0.25, 0.3) is 6.08 Å². The number of carboxylic acid groups (broad SMARTS) is 2. The van der Waals surface area contributed by atoms with E-state index in [1.165, 1.54) is 45.6 Å². The molecule has 0 fully saturated rings. The first-order chi connectivity index (χ1) is 17.2. The lowest BCUT2D eigenvalue weighted by atomic mass is 10.1. The Labute approximate surface area is 205 Å². The summed E-state index contributed by atoms with van der Waals surface area (Å²) in [4.78, 5) is 46.6. The number of carboxylic acids is 2. The number of Topliss-reactive ketones (excluding diaryl/α,β-unsaturated/α-hetero) is 1. The number of ether oxygens (including phenoxy) is 5. The average molecular weight is 501 g/mol. The maximum Gasteiger partial charge on any atom is 0.326 e. The number of benzene rings is 2. The van der Waals surface area contributed by atoms with Crippen molar-refractivity contribution in [3.63, 3.8) is 0 Å². The van der Waals surface area contributed by atoms with Gasteiger partial charge in [-0.05, 0) is 30.3 Å². The summed E-state index contributed by atoms with van der Waals surface area (Å²) in [6.45, 7) is -0.582. The summed E-state index contributed by atoms with van der Waals surface area (Å²) in [5, 5.41) is 19.8. The van der Waals surface area contributed by atoms with Crippen LogP contribution in [0.1, 0.15) is 22.3 Å². The van der Waals surface area contributed by atoms with Gasteiger partial charge in [0.05, 0.1) is 33.3 Å². The van der Waals surface area contributed by atoms with Crippen molar-refractivity contribution < 1.29 is 53.1 Å². The Bertz CT molecular complexity index is 1230. The zero-order chi connectivity index (χ0) is 26.4. The van der Waals surface area contributed by atoms with Crippen LogP contribution in [0.15, 0.2) is 36.1 Å². The van der Waals surface area contributed by atoms with E-state index in [-0.39, 0.29) is 28.6 Å². The van der Waals surface area contributed by atoms with Gasteiger partial charge in [-0.2, -0.15) is 0 Å². The summed E-state index contributed by atoms with van der Waals surface area (Å²) in [5.74, 6) is -2.56. The molecular weight excluding hydrogens is 478 g/mol. The van der Waals surface area contributed by atoms with Gasteiger partial charge in [0.2, 0.25) is 11.5 Å². The Morgan fingerprint density at radius 3 is 2.36 bits per heavy atom. The van der Waals surface area contributed by atoms with Crippen molar-refractivity contribution in [3.05, 3.63) is 47.2 Å². The van der Waals surface area contributed by atoms with Gasteiger partial charge in [0.1, 0.15) is 17.5 Å². The molecule has 0 spiro atoms. The fraction of sp³-hybridized carbons (Fsp3) is 0.250. The minimum Gasteiger partial charge on any atom is -0.493 e. The molecule has 0 aliphatic carbocycles. The van der Waals surface area contributed by atoms with Crippen LogP contribution < -0.4 is 29.0 Å². The van der Waals surface area contributed by atoms with E-state index in [2.05, 4.69) is 5.32 Å². The number of fused-ring (bicyclic) bond motifs is 1. The Morgan fingerprint density at radius 1 is 1.03 bits per heavy atom. The lowest BCUT2D eigenvalue weighted by Crippen LogP contribution is -2.44. The Morgan fingerprint density at radius 2 is 1.75 bits per heavy atom. The number of hydrogen-bond donors (Lipinski definition) is 3. The molecule has 36 heavy (non-hydrogen) atoms. The third-order valence-electron chi connectivity index (χ3n) is 5.04. The molecule has 0 unspecified atom stereocenters. The molecular formula is C24H23NO11. The quantitative estimate of drug-likeness (QED) is 0.384. The number of allylic oxidation sites excluding steroid dienone is 1. The van der Waals surface area contributed by atoms with Crippen molar-refractivity contribution in [2.24, 2.45) is 0 Å². The Hall–Kier alpha value is -4.74. The van der Waals surface area contributed by atoms with Gasteiger partial charge < -0.3 is 39.2 Å². The van der Waals surface area contributed by atoms with E-state index in [1.807, 2.05) is 0 Å². The number of hydrogen-bond acceptors (Lipinski definition) is 9. The fourth-order valence-corrected chi connectivity index (χ4v) is 3.40. The van der Waals surface area contributed by atoms with E-state index in [0.717, 1.165) is 0 Å². The van der Waals surface area contributed by atoms with Crippen LogP contribution in [0, 0.1) is 0 Å². The topological polar surface area (TPSA) is 167 Å². The molecule has 12 heteroatoms. The lowest BCUT2D eigenvalue weighted by Gasteiger charge is -2.14. The van der Waals surface area contributed by atoms with E-state index in [1.54, 1.807) is 12.1 Å². The summed E-state index contributed by atoms with van der Waals surface area (Å²) >= 11 is 0. The highest BCUT2D eigenvalue weighted by Gasteiger charge is 2.29. The second-order valence-corrected chi connectivity index (χ2v) is 7.37. The maximum atomic E-state index is 12.8. The van der Waals surface area contributed by atoms with Crippen molar-refractivity contribution in [1.82, 2.24) is 5.32 Å². The molecule has 12 nitrogen and oxygen atoms in total. The van der Waals surface area contributed by atoms with Crippen LogP contribution in [-0.4, -0.2) is 67.8 Å². The zero-order valence-electron chi connectivity index (χ0n) is 19.5. The summed E-state index contributed by atoms with van der Waals surface area (Å²) < 4.78 is 27.1. The average Bonchev–Trinajstić information content (AvgIpc) is 3.15. The molecule has 1 amide bonds. The molecule has 0 bridgehead atoms. The monoisotopic (exact) mass is 501 g/mol. The number of amides is 1. The second-order valence-electron chi connectivity index (χ2n) is 7.37. The summed E-state index contributed by atoms with van der Waals surface area (Å²) in [6.07, 6.45) is 0.710. The van der Waals surface area contributed by atoms with Crippen molar-refractivity contribution in [1.29, 1.82) is 0 Å². The highest BCUT2D eigenvalue weighted by atomic mass is 16.5. The van der Waals surface area contributed by atoms with E-state index in [0.29, 0.717) is 22.8 Å². The van der Waals surface area contributed by atoms with Crippen LogP contribution in [0.5, 0.6) is 28.7 Å². The summed E-state index contributed by atoms with van der Waals surface area (Å²) in [7, 11) is 4.39. The molecule has 2 aromatic carbocycles. The number of rotatable bonds is 11. The minimum absolute atomic E-state index is 0.0170. The van der Waals surface area contributed by atoms with E-state index in [9.17, 15) is 19.2 Å². The lowest BCUT2D eigenvalue weighted by molar-refractivity contribution is -0.147. The molecule has 1 aliphatic heterocycles. The zero-order valence-corrected chi connectivity index (χ0v) is 19.5. The number of aliphatic carboxylic acids is 2. The number of nitrogens with one attached hydrogen (secondary N) is 1. The number of carbonyl (C=O) groups excluding carboxylic acids is 2. The van der Waals surface area contributed by atoms with Crippen LogP contribution in [-0.2, 0) is 14.4 Å². The van der Waals surface area contributed by atoms with Gasteiger partial charge in [-0.3, -0.25) is 14.4 Å². The third-order valence-corrected chi connectivity index (χ3v) is 5.04. The van der Waals surface area contributed by atoms with Gasteiger partial charge in [-0.1, -0.05) is 0 Å².